The van der Waals surface area contributed by atoms with Crippen LogP contribution in [0, 0.1) is 6.92 Å². The number of carbonyl (C=O) groups excluding carboxylic acids is 1. The van der Waals surface area contributed by atoms with Crippen LogP contribution in [0.4, 0.5) is 0 Å². The number of hydrogen-bond donors (Lipinski definition) is 0. The molecule has 1 aromatic carbocycles. The number of rotatable bonds is 2. The average molecular weight is 300 g/mol. The second-order valence-electron chi connectivity index (χ2n) is 3.39. The average Bonchev–Trinajstić information content (AvgIpc) is 2.67. The summed E-state index contributed by atoms with van der Waals surface area (Å²) >= 11 is 9.21. The number of aryl methyl sites for hydroxylation is 1. The van der Waals surface area contributed by atoms with Gasteiger partial charge in [-0.15, -0.1) is 0 Å². The summed E-state index contributed by atoms with van der Waals surface area (Å²) in [6.07, 6.45) is 1.47. The fraction of sp³-hybridized carbons (Fsp3) is 0.0833. The van der Waals surface area contributed by atoms with Crippen molar-refractivity contribution in [3.63, 3.8) is 0 Å². The van der Waals surface area contributed by atoms with Gasteiger partial charge in [0.15, 0.2) is 5.76 Å². The molecule has 2 nitrogen and oxygen atoms in total. The number of hydrogen-bond acceptors (Lipinski definition) is 2. The molecule has 0 radical (unpaired) electrons. The van der Waals surface area contributed by atoms with E-state index in [-0.39, 0.29) is 5.78 Å². The highest BCUT2D eigenvalue weighted by Crippen LogP contribution is 2.23. The van der Waals surface area contributed by atoms with Crippen molar-refractivity contribution in [2.75, 3.05) is 0 Å². The standard InChI is InChI=1S/C12H8BrClO2/c1-7-2-3-8(6-10(7)14)11(15)12-9(13)4-5-16-12/h2-6H,1H3. The van der Waals surface area contributed by atoms with Gasteiger partial charge < -0.3 is 4.42 Å². The molecule has 16 heavy (non-hydrogen) atoms. The van der Waals surface area contributed by atoms with E-state index in [1.54, 1.807) is 18.2 Å². The molecule has 0 fully saturated rings. The molecule has 0 aliphatic heterocycles. The Morgan fingerprint density at radius 1 is 1.38 bits per heavy atom. The van der Waals surface area contributed by atoms with Gasteiger partial charge in [-0.2, -0.15) is 0 Å². The smallest absolute Gasteiger partial charge is 0.229 e. The van der Waals surface area contributed by atoms with E-state index in [9.17, 15) is 4.79 Å². The largest absolute Gasteiger partial charge is 0.460 e. The highest BCUT2D eigenvalue weighted by Gasteiger charge is 2.16. The van der Waals surface area contributed by atoms with Gasteiger partial charge in [0.05, 0.1) is 10.7 Å². The minimum absolute atomic E-state index is 0.182. The monoisotopic (exact) mass is 298 g/mol. The van der Waals surface area contributed by atoms with Crippen LogP contribution in [-0.4, -0.2) is 5.78 Å². The third-order valence-corrected chi connectivity index (χ3v) is 3.29. The Kier molecular flexibility index (Phi) is 3.17. The van der Waals surface area contributed by atoms with E-state index >= 15 is 0 Å². The summed E-state index contributed by atoms with van der Waals surface area (Å²) in [5.74, 6) is 0.110. The molecule has 0 amide bonds. The molecule has 0 unspecified atom stereocenters. The zero-order valence-corrected chi connectivity index (χ0v) is 10.8. The molecule has 1 heterocycles. The normalized spacial score (nSPS) is 10.4. The quantitative estimate of drug-likeness (QED) is 0.777. The maximum absolute atomic E-state index is 12.0. The summed E-state index contributed by atoms with van der Waals surface area (Å²) in [7, 11) is 0. The van der Waals surface area contributed by atoms with E-state index in [2.05, 4.69) is 15.9 Å². The van der Waals surface area contributed by atoms with Crippen molar-refractivity contribution < 1.29 is 9.21 Å². The highest BCUT2D eigenvalue weighted by molar-refractivity contribution is 9.10. The first-order valence-electron chi connectivity index (χ1n) is 4.63. The lowest BCUT2D eigenvalue weighted by Crippen LogP contribution is -2.00. The van der Waals surface area contributed by atoms with Crippen LogP contribution in [0.5, 0.6) is 0 Å². The molecule has 0 saturated heterocycles. The summed E-state index contributed by atoms with van der Waals surface area (Å²) < 4.78 is 5.76. The Labute approximate surface area is 106 Å². The van der Waals surface area contributed by atoms with Crippen molar-refractivity contribution in [3.8, 4) is 0 Å². The molecule has 2 rings (SSSR count). The molecule has 0 aliphatic carbocycles. The van der Waals surface area contributed by atoms with Crippen molar-refractivity contribution in [1.29, 1.82) is 0 Å². The number of benzene rings is 1. The first-order valence-corrected chi connectivity index (χ1v) is 5.80. The highest BCUT2D eigenvalue weighted by atomic mass is 79.9. The third kappa shape index (κ3) is 2.06. The van der Waals surface area contributed by atoms with E-state index < -0.39 is 0 Å². The van der Waals surface area contributed by atoms with E-state index in [1.165, 1.54) is 6.26 Å². The Balaban J connectivity index is 2.42. The molecule has 4 heteroatoms. The van der Waals surface area contributed by atoms with Gasteiger partial charge in [0.25, 0.3) is 0 Å². The maximum atomic E-state index is 12.0. The molecule has 0 aliphatic rings. The molecule has 82 valence electrons. The molecule has 0 atom stereocenters. The fourth-order valence-electron chi connectivity index (χ4n) is 1.32. The van der Waals surface area contributed by atoms with Gasteiger partial charge in [0.2, 0.25) is 5.78 Å². The number of halogens is 2. The van der Waals surface area contributed by atoms with E-state index in [0.717, 1.165) is 5.56 Å². The molecule has 0 N–H and O–H groups in total. The van der Waals surface area contributed by atoms with Crippen LogP contribution in [0.15, 0.2) is 39.4 Å². The number of furan rings is 1. The number of ketones is 1. The lowest BCUT2D eigenvalue weighted by molar-refractivity contribution is 0.101. The minimum atomic E-state index is -0.182. The first-order chi connectivity index (χ1) is 7.59. The summed E-state index contributed by atoms with van der Waals surface area (Å²) in [6.45, 7) is 1.89. The maximum Gasteiger partial charge on any atom is 0.229 e. The van der Waals surface area contributed by atoms with Gasteiger partial charge in [0, 0.05) is 10.6 Å². The van der Waals surface area contributed by atoms with Crippen molar-refractivity contribution in [2.24, 2.45) is 0 Å². The second kappa shape index (κ2) is 4.44. The summed E-state index contributed by atoms with van der Waals surface area (Å²) in [4.78, 5) is 12.0. The van der Waals surface area contributed by atoms with Crippen molar-refractivity contribution >= 4 is 33.3 Å². The number of carbonyl (C=O) groups is 1. The topological polar surface area (TPSA) is 30.2 Å². The fourth-order valence-corrected chi connectivity index (χ4v) is 1.88. The van der Waals surface area contributed by atoms with Gasteiger partial charge in [0.1, 0.15) is 0 Å². The molecular formula is C12H8BrClO2. The molecule has 1 aromatic heterocycles. The molecular weight excluding hydrogens is 291 g/mol. The predicted octanol–water partition coefficient (Wildman–Crippen LogP) is 4.23. The van der Waals surface area contributed by atoms with E-state index in [4.69, 9.17) is 16.0 Å². The lowest BCUT2D eigenvalue weighted by Gasteiger charge is -2.01. The van der Waals surface area contributed by atoms with Gasteiger partial charge in [-0.25, -0.2) is 0 Å². The van der Waals surface area contributed by atoms with Crippen molar-refractivity contribution in [2.45, 2.75) is 6.92 Å². The molecule has 0 saturated carbocycles. The molecule has 0 bridgehead atoms. The second-order valence-corrected chi connectivity index (χ2v) is 4.65. The van der Waals surface area contributed by atoms with Crippen LogP contribution in [0.3, 0.4) is 0 Å². The SMILES string of the molecule is Cc1ccc(C(=O)c2occc2Br)cc1Cl. The molecule has 0 spiro atoms. The van der Waals surface area contributed by atoms with Gasteiger partial charge in [-0.05, 0) is 40.5 Å². The summed E-state index contributed by atoms with van der Waals surface area (Å²) in [5.41, 5.74) is 1.46. The third-order valence-electron chi connectivity index (χ3n) is 2.26. The van der Waals surface area contributed by atoms with Crippen molar-refractivity contribution in [3.05, 3.63) is 56.9 Å². The van der Waals surface area contributed by atoms with Crippen LogP contribution in [0.25, 0.3) is 0 Å². The lowest BCUT2D eigenvalue weighted by atomic mass is 10.1. The Morgan fingerprint density at radius 2 is 2.12 bits per heavy atom. The zero-order valence-electron chi connectivity index (χ0n) is 8.46. The van der Waals surface area contributed by atoms with Crippen molar-refractivity contribution in [1.82, 2.24) is 0 Å². The Hall–Kier alpha value is -1.06. The predicted molar refractivity (Wildman–Crippen MR) is 66.0 cm³/mol. The van der Waals surface area contributed by atoms with E-state index in [0.29, 0.717) is 20.8 Å². The first kappa shape index (κ1) is 11.4. The molecule has 2 aromatic rings. The van der Waals surface area contributed by atoms with Crippen LogP contribution in [0.1, 0.15) is 21.7 Å². The van der Waals surface area contributed by atoms with E-state index in [1.807, 2.05) is 13.0 Å². The Morgan fingerprint density at radius 3 is 2.69 bits per heavy atom. The van der Waals surface area contributed by atoms with Crippen LogP contribution in [0.2, 0.25) is 5.02 Å². The van der Waals surface area contributed by atoms with Gasteiger partial charge >= 0.3 is 0 Å². The minimum Gasteiger partial charge on any atom is -0.460 e. The van der Waals surface area contributed by atoms with Crippen LogP contribution < -0.4 is 0 Å². The van der Waals surface area contributed by atoms with Crippen LogP contribution >= 0.6 is 27.5 Å². The van der Waals surface area contributed by atoms with Gasteiger partial charge in [-0.3, -0.25) is 4.79 Å². The Bertz CT molecular complexity index is 546. The van der Waals surface area contributed by atoms with Gasteiger partial charge in [-0.1, -0.05) is 23.7 Å². The zero-order chi connectivity index (χ0) is 11.7. The summed E-state index contributed by atoms with van der Waals surface area (Å²) in [6, 6.07) is 6.88. The summed E-state index contributed by atoms with van der Waals surface area (Å²) in [5, 5.41) is 0.577. The van der Waals surface area contributed by atoms with Crippen LogP contribution in [-0.2, 0) is 0 Å².